The normalized spacial score (nSPS) is 11.8. The Bertz CT molecular complexity index is 986. The predicted molar refractivity (Wildman–Crippen MR) is 108 cm³/mol. The molecule has 2 heterocycles. The highest BCUT2D eigenvalue weighted by Crippen LogP contribution is 2.23. The molecule has 0 aliphatic heterocycles. The molecule has 9 heteroatoms. The Morgan fingerprint density at radius 1 is 1.13 bits per heavy atom. The molecule has 0 saturated heterocycles. The number of nitrogens with one attached hydrogen (secondary N) is 1. The van der Waals surface area contributed by atoms with Crippen LogP contribution in [0.15, 0.2) is 53.3 Å². The van der Waals surface area contributed by atoms with Gasteiger partial charge < -0.3 is 20.3 Å². The molecule has 0 radical (unpaired) electrons. The summed E-state index contributed by atoms with van der Waals surface area (Å²) in [7, 11) is 0. The van der Waals surface area contributed by atoms with Gasteiger partial charge in [0, 0.05) is 18.0 Å². The van der Waals surface area contributed by atoms with Gasteiger partial charge in [0.05, 0.1) is 6.42 Å². The summed E-state index contributed by atoms with van der Waals surface area (Å²) < 4.78 is 10.9. The largest absolute Gasteiger partial charge is 0.484 e. The number of aromatic nitrogens is 3. The van der Waals surface area contributed by atoms with E-state index < -0.39 is 11.9 Å². The van der Waals surface area contributed by atoms with E-state index in [-0.39, 0.29) is 24.9 Å². The number of nitrogens with two attached hydrogens (primary N) is 1. The van der Waals surface area contributed by atoms with Gasteiger partial charge in [0.2, 0.25) is 17.6 Å². The van der Waals surface area contributed by atoms with Crippen molar-refractivity contribution in [1.29, 1.82) is 0 Å². The lowest BCUT2D eigenvalue weighted by atomic mass is 10.0. The van der Waals surface area contributed by atoms with Gasteiger partial charge in [-0.2, -0.15) is 4.98 Å². The number of pyridine rings is 1. The molecule has 0 bridgehead atoms. The van der Waals surface area contributed by atoms with Crippen LogP contribution in [0.3, 0.4) is 0 Å². The number of hydrogen-bond acceptors (Lipinski definition) is 7. The van der Waals surface area contributed by atoms with Crippen molar-refractivity contribution < 1.29 is 18.8 Å². The number of carbonyl (C=O) groups is 2. The molecule has 1 aromatic carbocycles. The van der Waals surface area contributed by atoms with Crippen molar-refractivity contribution in [3.63, 3.8) is 0 Å². The van der Waals surface area contributed by atoms with Crippen LogP contribution in [0, 0.1) is 5.92 Å². The van der Waals surface area contributed by atoms with Crippen molar-refractivity contribution >= 4 is 11.8 Å². The summed E-state index contributed by atoms with van der Waals surface area (Å²) in [6.07, 6.45) is 3.44. The zero-order valence-corrected chi connectivity index (χ0v) is 16.7. The minimum absolute atomic E-state index is 0.0211. The second-order valence-electron chi connectivity index (χ2n) is 7.06. The fraction of sp³-hybridized carbons (Fsp3) is 0.286. The lowest BCUT2D eigenvalue weighted by Crippen LogP contribution is -2.35. The molecular weight excluding hydrogens is 386 g/mol. The highest BCUT2D eigenvalue weighted by Gasteiger charge is 2.25. The Hall–Kier alpha value is -3.75. The summed E-state index contributed by atoms with van der Waals surface area (Å²) in [6, 6.07) is 9.93. The van der Waals surface area contributed by atoms with Crippen LogP contribution in [0.2, 0.25) is 0 Å². The van der Waals surface area contributed by atoms with Gasteiger partial charge in [-0.3, -0.25) is 14.6 Å². The molecule has 1 unspecified atom stereocenters. The van der Waals surface area contributed by atoms with Crippen LogP contribution in [0.4, 0.5) is 0 Å². The molecule has 0 aliphatic rings. The third-order valence-corrected chi connectivity index (χ3v) is 4.30. The first-order valence-electron chi connectivity index (χ1n) is 9.46. The SMILES string of the molecule is CC(C)C(NC(=O)COc1ccc(CC(N)=O)cc1)c1nc(-c2ccncc2)no1. The molecule has 1 atom stereocenters. The predicted octanol–water partition coefficient (Wildman–Crippen LogP) is 2.05. The Labute approximate surface area is 173 Å². The van der Waals surface area contributed by atoms with Crippen LogP contribution in [0.25, 0.3) is 11.4 Å². The Morgan fingerprint density at radius 2 is 1.83 bits per heavy atom. The van der Waals surface area contributed by atoms with Crippen LogP contribution < -0.4 is 15.8 Å². The van der Waals surface area contributed by atoms with Crippen LogP contribution in [-0.2, 0) is 16.0 Å². The summed E-state index contributed by atoms with van der Waals surface area (Å²) in [6.45, 7) is 3.71. The number of hydrogen-bond donors (Lipinski definition) is 2. The van der Waals surface area contributed by atoms with Crippen molar-refractivity contribution in [3.05, 3.63) is 60.2 Å². The molecule has 0 aliphatic carbocycles. The zero-order chi connectivity index (χ0) is 21.5. The van der Waals surface area contributed by atoms with Crippen LogP contribution in [0.1, 0.15) is 31.3 Å². The first kappa shape index (κ1) is 21.0. The van der Waals surface area contributed by atoms with Crippen molar-refractivity contribution in [3.8, 4) is 17.1 Å². The lowest BCUT2D eigenvalue weighted by Gasteiger charge is -2.18. The summed E-state index contributed by atoms with van der Waals surface area (Å²) in [5, 5.41) is 6.86. The number of ether oxygens (including phenoxy) is 1. The average molecular weight is 409 g/mol. The molecule has 156 valence electrons. The molecule has 3 rings (SSSR count). The first-order valence-corrected chi connectivity index (χ1v) is 9.46. The molecule has 0 saturated carbocycles. The third kappa shape index (κ3) is 5.63. The molecule has 2 amide bonds. The molecule has 2 aromatic heterocycles. The number of amides is 2. The average Bonchev–Trinajstić information content (AvgIpc) is 3.21. The van der Waals surface area contributed by atoms with Crippen molar-refractivity contribution in [2.24, 2.45) is 11.7 Å². The Kier molecular flexibility index (Phi) is 6.74. The fourth-order valence-corrected chi connectivity index (χ4v) is 2.76. The van der Waals surface area contributed by atoms with Crippen molar-refractivity contribution in [1.82, 2.24) is 20.4 Å². The quantitative estimate of drug-likeness (QED) is 0.552. The van der Waals surface area contributed by atoms with Gasteiger partial charge in [0.15, 0.2) is 6.61 Å². The number of nitrogens with zero attached hydrogens (tertiary/aromatic N) is 3. The molecule has 30 heavy (non-hydrogen) atoms. The maximum Gasteiger partial charge on any atom is 0.258 e. The Balaban J connectivity index is 1.59. The molecular formula is C21H23N5O4. The van der Waals surface area contributed by atoms with Crippen molar-refractivity contribution in [2.75, 3.05) is 6.61 Å². The summed E-state index contributed by atoms with van der Waals surface area (Å²) >= 11 is 0. The molecule has 3 N–H and O–H groups in total. The lowest BCUT2D eigenvalue weighted by molar-refractivity contribution is -0.124. The highest BCUT2D eigenvalue weighted by molar-refractivity contribution is 5.78. The van der Waals surface area contributed by atoms with Gasteiger partial charge in [-0.15, -0.1) is 0 Å². The van der Waals surface area contributed by atoms with E-state index >= 15 is 0 Å². The van der Waals surface area contributed by atoms with E-state index in [4.69, 9.17) is 15.0 Å². The number of rotatable bonds is 9. The van der Waals surface area contributed by atoms with E-state index in [1.807, 2.05) is 13.8 Å². The maximum absolute atomic E-state index is 12.4. The number of carbonyl (C=O) groups excluding carboxylic acids is 2. The monoisotopic (exact) mass is 409 g/mol. The standard InChI is InChI=1S/C21H23N5O4/c1-13(2)19(21-25-20(26-30-21)15-7-9-23-10-8-15)24-18(28)12-29-16-5-3-14(4-6-16)11-17(22)27/h3-10,13,19H,11-12H2,1-2H3,(H2,22,27)(H,24,28). The number of primary amides is 1. The topological polar surface area (TPSA) is 133 Å². The van der Waals surface area contributed by atoms with Crippen LogP contribution >= 0.6 is 0 Å². The smallest absolute Gasteiger partial charge is 0.258 e. The van der Waals surface area contributed by atoms with E-state index in [2.05, 4.69) is 20.4 Å². The van der Waals surface area contributed by atoms with E-state index in [9.17, 15) is 9.59 Å². The van der Waals surface area contributed by atoms with Gasteiger partial charge in [-0.25, -0.2) is 0 Å². The third-order valence-electron chi connectivity index (χ3n) is 4.30. The van der Waals surface area contributed by atoms with E-state index in [0.29, 0.717) is 17.5 Å². The van der Waals surface area contributed by atoms with E-state index in [0.717, 1.165) is 11.1 Å². The van der Waals surface area contributed by atoms with Gasteiger partial charge in [0.25, 0.3) is 5.91 Å². The molecule has 3 aromatic rings. The van der Waals surface area contributed by atoms with Crippen LogP contribution in [-0.4, -0.2) is 33.5 Å². The first-order chi connectivity index (χ1) is 14.4. The second kappa shape index (κ2) is 9.64. The molecule has 9 nitrogen and oxygen atoms in total. The van der Waals surface area contributed by atoms with E-state index in [1.165, 1.54) is 0 Å². The summed E-state index contributed by atoms with van der Waals surface area (Å²) in [5.74, 6) is 0.556. The second-order valence-corrected chi connectivity index (χ2v) is 7.06. The fourth-order valence-electron chi connectivity index (χ4n) is 2.76. The van der Waals surface area contributed by atoms with Gasteiger partial charge in [-0.1, -0.05) is 31.1 Å². The summed E-state index contributed by atoms with van der Waals surface area (Å²) in [4.78, 5) is 31.7. The molecule has 0 spiro atoms. The summed E-state index contributed by atoms with van der Waals surface area (Å²) in [5.41, 5.74) is 6.72. The minimum atomic E-state index is -0.456. The Morgan fingerprint density at radius 3 is 2.47 bits per heavy atom. The maximum atomic E-state index is 12.4. The van der Waals surface area contributed by atoms with Gasteiger partial charge >= 0.3 is 0 Å². The van der Waals surface area contributed by atoms with Crippen LogP contribution in [0.5, 0.6) is 5.75 Å². The van der Waals surface area contributed by atoms with Crippen molar-refractivity contribution in [2.45, 2.75) is 26.3 Å². The van der Waals surface area contributed by atoms with Gasteiger partial charge in [0.1, 0.15) is 11.8 Å². The highest BCUT2D eigenvalue weighted by atomic mass is 16.5. The van der Waals surface area contributed by atoms with E-state index in [1.54, 1.807) is 48.8 Å². The minimum Gasteiger partial charge on any atom is -0.484 e. The van der Waals surface area contributed by atoms with Gasteiger partial charge in [-0.05, 0) is 35.7 Å². The zero-order valence-electron chi connectivity index (χ0n) is 16.7. The molecule has 0 fully saturated rings. The number of benzene rings is 1.